The highest BCUT2D eigenvalue weighted by molar-refractivity contribution is 5.76. The van der Waals surface area contributed by atoms with Gasteiger partial charge in [0.1, 0.15) is 0 Å². The van der Waals surface area contributed by atoms with Gasteiger partial charge >= 0.3 is 0 Å². The first-order valence-electron chi connectivity index (χ1n) is 7.30. The summed E-state index contributed by atoms with van der Waals surface area (Å²) in [6.45, 7) is 0. The number of hydrogen-bond donors (Lipinski definition) is 2. The van der Waals surface area contributed by atoms with E-state index in [-0.39, 0.29) is 18.0 Å². The Balaban J connectivity index is 1.65. The average Bonchev–Trinajstić information content (AvgIpc) is 2.82. The first-order valence-corrected chi connectivity index (χ1v) is 7.30. The quantitative estimate of drug-likeness (QED) is 0.790. The molecule has 0 aliphatic heterocycles. The van der Waals surface area contributed by atoms with E-state index >= 15 is 0 Å². The summed E-state index contributed by atoms with van der Waals surface area (Å²) in [7, 11) is 0. The van der Waals surface area contributed by atoms with E-state index in [1.807, 2.05) is 0 Å². The van der Waals surface area contributed by atoms with Gasteiger partial charge in [-0.1, -0.05) is 38.5 Å². The van der Waals surface area contributed by atoms with Crippen molar-refractivity contribution in [3.05, 3.63) is 0 Å². The van der Waals surface area contributed by atoms with Crippen LogP contribution in [0.15, 0.2) is 0 Å². The van der Waals surface area contributed by atoms with Crippen LogP contribution in [0.25, 0.3) is 0 Å². The highest BCUT2D eigenvalue weighted by atomic mass is 16.1. The van der Waals surface area contributed by atoms with Gasteiger partial charge in [0.15, 0.2) is 0 Å². The Labute approximate surface area is 105 Å². The first-order chi connectivity index (χ1) is 8.25. The predicted octanol–water partition coefficient (Wildman–Crippen LogP) is 2.34. The van der Waals surface area contributed by atoms with Crippen LogP contribution < -0.4 is 11.1 Å². The number of nitrogens with two attached hydrogens (primary N) is 1. The van der Waals surface area contributed by atoms with Gasteiger partial charge in [0.2, 0.25) is 5.91 Å². The van der Waals surface area contributed by atoms with Crippen LogP contribution in [0, 0.1) is 5.92 Å². The molecular weight excluding hydrogens is 212 g/mol. The van der Waals surface area contributed by atoms with Gasteiger partial charge in [-0.25, -0.2) is 0 Å². The normalized spacial score (nSPS) is 30.4. The van der Waals surface area contributed by atoms with Crippen molar-refractivity contribution in [2.24, 2.45) is 11.7 Å². The minimum absolute atomic E-state index is 0.180. The number of rotatable bonds is 4. The molecule has 2 aliphatic carbocycles. The van der Waals surface area contributed by atoms with E-state index in [2.05, 4.69) is 5.32 Å². The minimum Gasteiger partial charge on any atom is -0.352 e. The lowest BCUT2D eigenvalue weighted by Gasteiger charge is -2.29. The van der Waals surface area contributed by atoms with E-state index in [0.717, 1.165) is 25.2 Å². The molecule has 0 spiro atoms. The van der Waals surface area contributed by atoms with Crippen LogP contribution in [0.1, 0.15) is 64.2 Å². The Morgan fingerprint density at radius 1 is 1.06 bits per heavy atom. The fourth-order valence-electron chi connectivity index (χ4n) is 3.25. The summed E-state index contributed by atoms with van der Waals surface area (Å²) in [6, 6.07) is 0.416. The summed E-state index contributed by atoms with van der Waals surface area (Å²) < 4.78 is 0. The number of amides is 1. The predicted molar refractivity (Wildman–Crippen MR) is 69.6 cm³/mol. The molecule has 0 aromatic carbocycles. The van der Waals surface area contributed by atoms with Crippen molar-refractivity contribution in [2.75, 3.05) is 0 Å². The average molecular weight is 238 g/mol. The van der Waals surface area contributed by atoms with Crippen LogP contribution in [-0.4, -0.2) is 18.0 Å². The van der Waals surface area contributed by atoms with E-state index in [1.165, 1.54) is 38.5 Å². The summed E-state index contributed by atoms with van der Waals surface area (Å²) in [4.78, 5) is 11.8. The van der Waals surface area contributed by atoms with Crippen molar-refractivity contribution < 1.29 is 4.79 Å². The molecule has 3 heteroatoms. The molecule has 98 valence electrons. The Kier molecular flexibility index (Phi) is 4.84. The molecule has 3 nitrogen and oxygen atoms in total. The maximum atomic E-state index is 11.8. The largest absolute Gasteiger partial charge is 0.352 e. The van der Waals surface area contributed by atoms with Gasteiger partial charge in [-0.05, 0) is 25.2 Å². The van der Waals surface area contributed by atoms with Crippen LogP contribution in [0.5, 0.6) is 0 Å². The second kappa shape index (κ2) is 6.39. The lowest BCUT2D eigenvalue weighted by Crippen LogP contribution is -2.49. The molecule has 2 aliphatic rings. The second-order valence-corrected chi connectivity index (χ2v) is 5.81. The Morgan fingerprint density at radius 3 is 2.41 bits per heavy atom. The SMILES string of the molecule is N[C@@H]1CCCC[C@H]1NC(=O)CCC1CCCC1. The molecule has 2 atom stereocenters. The van der Waals surface area contributed by atoms with E-state index < -0.39 is 0 Å². The van der Waals surface area contributed by atoms with E-state index in [1.54, 1.807) is 0 Å². The molecule has 2 saturated carbocycles. The van der Waals surface area contributed by atoms with Gasteiger partial charge in [0, 0.05) is 18.5 Å². The Morgan fingerprint density at radius 2 is 1.71 bits per heavy atom. The Bertz CT molecular complexity index is 249. The van der Waals surface area contributed by atoms with Crippen LogP contribution in [0.3, 0.4) is 0 Å². The third-order valence-electron chi connectivity index (χ3n) is 4.42. The molecule has 3 N–H and O–H groups in total. The zero-order chi connectivity index (χ0) is 12.1. The van der Waals surface area contributed by atoms with Crippen molar-refractivity contribution in [1.29, 1.82) is 0 Å². The summed E-state index contributed by atoms with van der Waals surface area (Å²) in [6.07, 6.45) is 11.7. The van der Waals surface area contributed by atoms with E-state index in [4.69, 9.17) is 5.73 Å². The van der Waals surface area contributed by atoms with Gasteiger partial charge in [-0.2, -0.15) is 0 Å². The molecule has 0 bridgehead atoms. The first kappa shape index (κ1) is 12.9. The molecule has 1 amide bonds. The van der Waals surface area contributed by atoms with Gasteiger partial charge < -0.3 is 11.1 Å². The van der Waals surface area contributed by atoms with Crippen LogP contribution in [-0.2, 0) is 4.79 Å². The van der Waals surface area contributed by atoms with E-state index in [9.17, 15) is 4.79 Å². The van der Waals surface area contributed by atoms with Gasteiger partial charge in [-0.3, -0.25) is 4.79 Å². The molecule has 0 heterocycles. The lowest BCUT2D eigenvalue weighted by molar-refractivity contribution is -0.122. The molecule has 0 radical (unpaired) electrons. The van der Waals surface area contributed by atoms with Crippen LogP contribution in [0.4, 0.5) is 0 Å². The second-order valence-electron chi connectivity index (χ2n) is 5.81. The number of carbonyl (C=O) groups is 1. The van der Waals surface area contributed by atoms with E-state index in [0.29, 0.717) is 6.42 Å². The zero-order valence-electron chi connectivity index (χ0n) is 10.8. The van der Waals surface area contributed by atoms with Crippen LogP contribution in [0.2, 0.25) is 0 Å². The van der Waals surface area contributed by atoms with Crippen molar-refractivity contribution in [3.8, 4) is 0 Å². The zero-order valence-corrected chi connectivity index (χ0v) is 10.8. The third kappa shape index (κ3) is 3.98. The standard InChI is InChI=1S/C14H26N2O/c15-12-7-3-4-8-13(12)16-14(17)10-9-11-5-1-2-6-11/h11-13H,1-10,15H2,(H,16,17)/t12-,13-/m1/s1. The molecular formula is C14H26N2O. The van der Waals surface area contributed by atoms with Gasteiger partial charge in [0.05, 0.1) is 0 Å². The van der Waals surface area contributed by atoms with Crippen LogP contribution >= 0.6 is 0 Å². The summed E-state index contributed by atoms with van der Waals surface area (Å²) in [5.41, 5.74) is 6.03. The monoisotopic (exact) mass is 238 g/mol. The highest BCUT2D eigenvalue weighted by Gasteiger charge is 2.23. The fraction of sp³-hybridized carbons (Fsp3) is 0.929. The highest BCUT2D eigenvalue weighted by Crippen LogP contribution is 2.28. The molecule has 17 heavy (non-hydrogen) atoms. The van der Waals surface area contributed by atoms with Crippen molar-refractivity contribution in [2.45, 2.75) is 76.3 Å². The summed E-state index contributed by atoms with van der Waals surface area (Å²) >= 11 is 0. The van der Waals surface area contributed by atoms with Gasteiger partial charge in [0.25, 0.3) is 0 Å². The van der Waals surface area contributed by atoms with Gasteiger partial charge in [-0.15, -0.1) is 0 Å². The van der Waals surface area contributed by atoms with Crippen molar-refractivity contribution >= 4 is 5.91 Å². The van der Waals surface area contributed by atoms with Crippen molar-refractivity contribution in [3.63, 3.8) is 0 Å². The fourth-order valence-corrected chi connectivity index (χ4v) is 3.25. The summed E-state index contributed by atoms with van der Waals surface area (Å²) in [5.74, 6) is 1.03. The maximum absolute atomic E-state index is 11.8. The molecule has 0 unspecified atom stereocenters. The number of hydrogen-bond acceptors (Lipinski definition) is 2. The lowest BCUT2D eigenvalue weighted by atomic mass is 9.91. The molecule has 2 fully saturated rings. The van der Waals surface area contributed by atoms with Crippen molar-refractivity contribution in [1.82, 2.24) is 5.32 Å². The molecule has 0 aromatic heterocycles. The molecule has 0 aromatic rings. The smallest absolute Gasteiger partial charge is 0.220 e. The minimum atomic E-state index is 0.180. The molecule has 2 rings (SSSR count). The summed E-state index contributed by atoms with van der Waals surface area (Å²) in [5, 5.41) is 3.13. The number of nitrogens with one attached hydrogen (secondary N) is 1. The topological polar surface area (TPSA) is 55.1 Å². The molecule has 0 saturated heterocycles. The maximum Gasteiger partial charge on any atom is 0.220 e. The number of carbonyl (C=O) groups excluding carboxylic acids is 1. The Hall–Kier alpha value is -0.570. The third-order valence-corrected chi connectivity index (χ3v) is 4.42.